The highest BCUT2D eigenvalue weighted by atomic mass is 28.4. The summed E-state index contributed by atoms with van der Waals surface area (Å²) in [5.41, 5.74) is 2.14. The summed E-state index contributed by atoms with van der Waals surface area (Å²) in [4.78, 5) is 35.7. The molecular formula is C40H48FN7O4Si. The summed E-state index contributed by atoms with van der Waals surface area (Å²) >= 11 is 0. The normalized spacial score (nSPS) is 25.3. The van der Waals surface area contributed by atoms with Crippen LogP contribution in [0.3, 0.4) is 0 Å². The van der Waals surface area contributed by atoms with Gasteiger partial charge in [0.05, 0.1) is 30.7 Å². The Labute approximate surface area is 310 Å². The SMILES string of the molecule is C[C@H]1[C@H]([Si](C)(C)F)[C@@H](CCn2cc(CCO)nn2)O[C@]12C(=O)N(Cc1ccccc1)c1ccc(N3CN(c4ccccc4)C4(CCNCC4)C3=O)cc12. The third-order valence-electron chi connectivity index (χ3n) is 12.0. The molecule has 0 saturated carbocycles. The molecule has 4 aliphatic rings. The van der Waals surface area contributed by atoms with Gasteiger partial charge in [0.1, 0.15) is 5.54 Å². The van der Waals surface area contributed by atoms with Crippen molar-refractivity contribution < 1.29 is 23.5 Å². The predicted molar refractivity (Wildman–Crippen MR) is 204 cm³/mol. The molecule has 53 heavy (non-hydrogen) atoms. The van der Waals surface area contributed by atoms with Crippen LogP contribution < -0.4 is 20.0 Å². The molecular weight excluding hydrogens is 690 g/mol. The van der Waals surface area contributed by atoms with E-state index in [2.05, 4.69) is 32.7 Å². The maximum absolute atomic E-state index is 16.6. The number of hydrogen-bond acceptors (Lipinski definition) is 8. The molecule has 13 heteroatoms. The van der Waals surface area contributed by atoms with Crippen molar-refractivity contribution in [1.29, 1.82) is 0 Å². The van der Waals surface area contributed by atoms with E-state index >= 15 is 8.90 Å². The van der Waals surface area contributed by atoms with Crippen LogP contribution in [0, 0.1) is 5.92 Å². The quantitative estimate of drug-likeness (QED) is 0.170. The van der Waals surface area contributed by atoms with E-state index in [1.807, 2.05) is 78.6 Å². The van der Waals surface area contributed by atoms with Crippen LogP contribution in [0.2, 0.25) is 18.6 Å². The number of ether oxygens (including phenoxy) is 1. The first-order valence-corrected chi connectivity index (χ1v) is 21.7. The maximum atomic E-state index is 16.6. The van der Waals surface area contributed by atoms with Gasteiger partial charge in [-0.05, 0) is 81.3 Å². The number of carbonyl (C=O) groups is 2. The van der Waals surface area contributed by atoms with Crippen molar-refractivity contribution >= 4 is 37.3 Å². The van der Waals surface area contributed by atoms with Gasteiger partial charge in [-0.3, -0.25) is 19.2 Å². The second-order valence-corrected chi connectivity index (χ2v) is 19.3. The summed E-state index contributed by atoms with van der Waals surface area (Å²) in [7, 11) is -3.41. The maximum Gasteiger partial charge on any atom is 0.264 e. The van der Waals surface area contributed by atoms with Crippen molar-refractivity contribution in [3.05, 3.63) is 102 Å². The number of amides is 2. The first-order valence-electron chi connectivity index (χ1n) is 18.8. The molecule has 3 aromatic carbocycles. The number of anilines is 3. The van der Waals surface area contributed by atoms with Gasteiger partial charge >= 0.3 is 0 Å². The summed E-state index contributed by atoms with van der Waals surface area (Å²) in [5.74, 6) is -0.636. The number of nitrogens with zero attached hydrogens (tertiary/aromatic N) is 6. The second kappa shape index (κ2) is 13.8. The molecule has 0 unspecified atom stereocenters. The van der Waals surface area contributed by atoms with Crippen LogP contribution >= 0.6 is 0 Å². The monoisotopic (exact) mass is 737 g/mol. The minimum Gasteiger partial charge on any atom is -0.396 e. The molecule has 4 aromatic rings. The number of benzene rings is 3. The number of aryl methyl sites for hydroxylation is 1. The number of nitrogens with one attached hydrogen (secondary N) is 1. The Hall–Kier alpha value is -4.43. The number of rotatable bonds is 10. The topological polar surface area (TPSA) is 116 Å². The summed E-state index contributed by atoms with van der Waals surface area (Å²) in [6.45, 7) is 7.98. The van der Waals surface area contributed by atoms with E-state index < -0.39 is 37.1 Å². The molecule has 0 radical (unpaired) electrons. The minimum atomic E-state index is -3.41. The van der Waals surface area contributed by atoms with Gasteiger partial charge in [0.15, 0.2) is 5.60 Å². The third kappa shape index (κ3) is 5.98. The van der Waals surface area contributed by atoms with E-state index in [1.54, 1.807) is 28.9 Å². The number of fused-ring (bicyclic) bond motifs is 2. The Balaban J connectivity index is 1.20. The molecule has 0 aliphatic carbocycles. The smallest absolute Gasteiger partial charge is 0.264 e. The average molecular weight is 738 g/mol. The summed E-state index contributed by atoms with van der Waals surface area (Å²) in [6.07, 6.45) is 3.44. The molecule has 1 aromatic heterocycles. The van der Waals surface area contributed by atoms with Gasteiger partial charge in [-0.1, -0.05) is 60.7 Å². The molecule has 2 spiro atoms. The molecule has 278 valence electrons. The molecule has 3 fully saturated rings. The van der Waals surface area contributed by atoms with Gasteiger partial charge in [-0.25, -0.2) is 0 Å². The highest BCUT2D eigenvalue weighted by Gasteiger charge is 2.67. The van der Waals surface area contributed by atoms with Crippen LogP contribution in [0.15, 0.2) is 85.1 Å². The number of aromatic nitrogens is 3. The van der Waals surface area contributed by atoms with E-state index in [0.29, 0.717) is 62.4 Å². The van der Waals surface area contributed by atoms with E-state index in [4.69, 9.17) is 4.74 Å². The molecule has 8 rings (SSSR count). The van der Waals surface area contributed by atoms with Gasteiger partial charge in [-0.15, -0.1) is 5.10 Å². The zero-order valence-electron chi connectivity index (χ0n) is 30.6. The standard InChI is InChI=1S/C40H48FN7O4Si/c1-28-36(53(2,3)41)35(16-22-45-26-30(17-23-49)43-44-45)52-40(28)33-24-32(14-15-34(33)46(38(40)51)25-29-10-6-4-7-11-29)47-27-48(31-12-8-5-9-13-31)39(37(47)50)18-20-42-21-19-39/h4-15,24,26,28,35-36,42,49H,16-23,25,27H2,1-3H3/t28-,35+,36-,40+/m0/s1. The highest BCUT2D eigenvalue weighted by Crippen LogP contribution is 2.61. The Morgan fingerprint density at radius 2 is 1.70 bits per heavy atom. The number of piperidine rings is 1. The van der Waals surface area contributed by atoms with Crippen molar-refractivity contribution in [2.75, 3.05) is 41.1 Å². The van der Waals surface area contributed by atoms with Crippen molar-refractivity contribution in [3.8, 4) is 0 Å². The number of aliphatic hydroxyl groups excluding tert-OH is 1. The highest BCUT2D eigenvalue weighted by molar-refractivity contribution is 6.72. The molecule has 3 saturated heterocycles. The van der Waals surface area contributed by atoms with E-state index in [1.165, 1.54) is 0 Å². The summed E-state index contributed by atoms with van der Waals surface area (Å²) in [6, 6.07) is 25.8. The van der Waals surface area contributed by atoms with Gasteiger partial charge in [0, 0.05) is 54.2 Å². The molecule has 2 N–H and O–H groups in total. The Morgan fingerprint density at radius 3 is 2.40 bits per heavy atom. The van der Waals surface area contributed by atoms with Crippen molar-refractivity contribution in [2.24, 2.45) is 5.92 Å². The summed E-state index contributed by atoms with van der Waals surface area (Å²) in [5, 5.41) is 21.2. The van der Waals surface area contributed by atoms with Gasteiger partial charge in [-0.2, -0.15) is 0 Å². The molecule has 11 nitrogen and oxygen atoms in total. The number of hydrogen-bond donors (Lipinski definition) is 2. The Morgan fingerprint density at radius 1 is 0.981 bits per heavy atom. The predicted octanol–water partition coefficient (Wildman–Crippen LogP) is 5.16. The molecule has 4 atom stereocenters. The zero-order chi connectivity index (χ0) is 37.0. The fourth-order valence-electron chi connectivity index (χ4n) is 9.50. The van der Waals surface area contributed by atoms with Crippen molar-refractivity contribution in [2.45, 2.75) is 81.6 Å². The summed E-state index contributed by atoms with van der Waals surface area (Å²) < 4.78 is 25.4. The third-order valence-corrected chi connectivity index (χ3v) is 14.4. The van der Waals surface area contributed by atoms with Crippen molar-refractivity contribution in [1.82, 2.24) is 20.3 Å². The van der Waals surface area contributed by atoms with Gasteiger partial charge < -0.3 is 29.1 Å². The Bertz CT molecular complexity index is 1970. The van der Waals surface area contributed by atoms with E-state index in [-0.39, 0.29) is 18.4 Å². The van der Waals surface area contributed by atoms with Crippen LogP contribution in [-0.2, 0) is 39.4 Å². The molecule has 2 amide bonds. The number of carbonyl (C=O) groups excluding carboxylic acids is 2. The first kappa shape index (κ1) is 35.6. The fraction of sp³-hybridized carbons (Fsp3) is 0.450. The van der Waals surface area contributed by atoms with Gasteiger partial charge in [0.25, 0.3) is 11.8 Å². The number of para-hydroxylation sites is 1. The van der Waals surface area contributed by atoms with Crippen LogP contribution in [0.1, 0.15) is 43.0 Å². The average Bonchev–Trinajstić information content (AvgIpc) is 3.87. The molecule has 0 bridgehead atoms. The van der Waals surface area contributed by atoms with Crippen LogP contribution in [0.25, 0.3) is 0 Å². The lowest BCUT2D eigenvalue weighted by Gasteiger charge is -2.39. The van der Waals surface area contributed by atoms with Crippen LogP contribution in [0.5, 0.6) is 0 Å². The van der Waals surface area contributed by atoms with Crippen molar-refractivity contribution in [3.63, 3.8) is 0 Å². The largest absolute Gasteiger partial charge is 0.396 e. The fourth-order valence-corrected chi connectivity index (χ4v) is 12.0. The lowest BCUT2D eigenvalue weighted by Crippen LogP contribution is -2.55. The Kier molecular flexibility index (Phi) is 9.24. The molecule has 4 aliphatic heterocycles. The minimum absolute atomic E-state index is 0.0251. The number of aliphatic hydroxyl groups is 1. The van der Waals surface area contributed by atoms with E-state index in [9.17, 15) is 9.90 Å². The van der Waals surface area contributed by atoms with E-state index in [0.717, 1.165) is 30.0 Å². The zero-order valence-corrected chi connectivity index (χ0v) is 31.6. The lowest BCUT2D eigenvalue weighted by molar-refractivity contribution is -0.146. The lowest BCUT2D eigenvalue weighted by atomic mass is 9.82. The van der Waals surface area contributed by atoms with Crippen LogP contribution in [-0.4, -0.2) is 78.3 Å². The van der Waals surface area contributed by atoms with Crippen LogP contribution in [0.4, 0.5) is 21.2 Å². The molecule has 5 heterocycles. The number of halogens is 1. The van der Waals surface area contributed by atoms with Gasteiger partial charge in [0.2, 0.25) is 8.41 Å². The first-order chi connectivity index (χ1) is 25.6. The second-order valence-electron chi connectivity index (χ2n) is 15.5.